The second-order valence-electron chi connectivity index (χ2n) is 5.08. The van der Waals surface area contributed by atoms with Gasteiger partial charge in [-0.25, -0.2) is 9.18 Å². The van der Waals surface area contributed by atoms with E-state index in [1.165, 1.54) is 20.3 Å². The first-order valence-corrected chi connectivity index (χ1v) is 7.64. The summed E-state index contributed by atoms with van der Waals surface area (Å²) in [6, 6.07) is 7.94. The maximum absolute atomic E-state index is 14.5. The van der Waals surface area contributed by atoms with Gasteiger partial charge in [0.25, 0.3) is 0 Å². The van der Waals surface area contributed by atoms with Crippen LogP contribution in [0.25, 0.3) is 11.1 Å². The molecule has 2 aromatic carbocycles. The average molecular weight is 327 g/mol. The largest absolute Gasteiger partial charge is 0.496 e. The summed E-state index contributed by atoms with van der Waals surface area (Å²) < 4.78 is 24.6. The SMILES string of the molecule is BCc1cc(C(=O)OC)c(-c2c(F)cccc2OC)cc1/N=C\C. The van der Waals surface area contributed by atoms with Gasteiger partial charge in [-0.1, -0.05) is 12.4 Å². The first-order valence-electron chi connectivity index (χ1n) is 7.64. The lowest BCUT2D eigenvalue weighted by Crippen LogP contribution is -2.06. The molecule has 6 heteroatoms. The summed E-state index contributed by atoms with van der Waals surface area (Å²) in [6.45, 7) is 1.80. The Morgan fingerprint density at radius 2 is 2.08 bits per heavy atom. The number of carbonyl (C=O) groups excluding carboxylic acids is 1. The molecule has 0 spiro atoms. The van der Waals surface area contributed by atoms with Crippen molar-refractivity contribution in [3.8, 4) is 16.9 Å². The van der Waals surface area contributed by atoms with Crippen molar-refractivity contribution in [3.05, 3.63) is 47.3 Å². The van der Waals surface area contributed by atoms with Crippen molar-refractivity contribution in [2.75, 3.05) is 14.2 Å². The molecule has 0 aliphatic rings. The Kier molecular flexibility index (Phi) is 5.74. The lowest BCUT2D eigenvalue weighted by Gasteiger charge is -2.15. The highest BCUT2D eigenvalue weighted by Gasteiger charge is 2.21. The number of carbonyl (C=O) groups is 1. The lowest BCUT2D eigenvalue weighted by atomic mass is 9.89. The second kappa shape index (κ2) is 7.77. The van der Waals surface area contributed by atoms with Crippen molar-refractivity contribution < 1.29 is 18.7 Å². The molecular weight excluding hydrogens is 308 g/mol. The van der Waals surface area contributed by atoms with Gasteiger partial charge in [0.15, 0.2) is 0 Å². The highest BCUT2D eigenvalue weighted by atomic mass is 19.1. The van der Waals surface area contributed by atoms with Crippen LogP contribution in [0.5, 0.6) is 5.75 Å². The van der Waals surface area contributed by atoms with E-state index in [4.69, 9.17) is 9.47 Å². The maximum Gasteiger partial charge on any atom is 0.338 e. The maximum atomic E-state index is 14.5. The molecule has 0 radical (unpaired) electrons. The van der Waals surface area contributed by atoms with Crippen LogP contribution in [0.4, 0.5) is 10.1 Å². The van der Waals surface area contributed by atoms with Crippen LogP contribution in [0.3, 0.4) is 0 Å². The van der Waals surface area contributed by atoms with Crippen LogP contribution in [0.2, 0.25) is 0 Å². The molecule has 0 aromatic heterocycles. The van der Waals surface area contributed by atoms with Gasteiger partial charge in [0.05, 0.1) is 31.0 Å². The van der Waals surface area contributed by atoms with E-state index in [1.807, 2.05) is 7.85 Å². The van der Waals surface area contributed by atoms with E-state index in [1.54, 1.807) is 37.4 Å². The molecule has 0 saturated carbocycles. The minimum absolute atomic E-state index is 0.218. The van der Waals surface area contributed by atoms with Gasteiger partial charge in [-0.3, -0.25) is 4.99 Å². The molecule has 0 bridgehead atoms. The molecule has 4 nitrogen and oxygen atoms in total. The van der Waals surface area contributed by atoms with Gasteiger partial charge in [-0.15, -0.1) is 0 Å². The van der Waals surface area contributed by atoms with Gasteiger partial charge in [0.1, 0.15) is 19.4 Å². The number of benzene rings is 2. The first kappa shape index (κ1) is 17.7. The minimum atomic E-state index is -0.531. The zero-order chi connectivity index (χ0) is 17.7. The third kappa shape index (κ3) is 3.32. The van der Waals surface area contributed by atoms with Gasteiger partial charge in [-0.05, 0) is 36.8 Å². The zero-order valence-electron chi connectivity index (χ0n) is 14.2. The van der Waals surface area contributed by atoms with Crippen molar-refractivity contribution in [3.63, 3.8) is 0 Å². The monoisotopic (exact) mass is 327 g/mol. The van der Waals surface area contributed by atoms with E-state index in [-0.39, 0.29) is 11.1 Å². The molecule has 24 heavy (non-hydrogen) atoms. The number of ether oxygens (including phenoxy) is 2. The highest BCUT2D eigenvalue weighted by molar-refractivity contribution is 6.09. The third-order valence-corrected chi connectivity index (χ3v) is 3.74. The zero-order valence-corrected chi connectivity index (χ0v) is 14.2. The van der Waals surface area contributed by atoms with Crippen LogP contribution in [-0.2, 0) is 11.1 Å². The number of aliphatic imine (C=N–C) groups is 1. The van der Waals surface area contributed by atoms with Crippen LogP contribution < -0.4 is 4.74 Å². The lowest BCUT2D eigenvalue weighted by molar-refractivity contribution is 0.0601. The van der Waals surface area contributed by atoms with E-state index in [0.29, 0.717) is 23.3 Å². The molecule has 2 aromatic rings. The third-order valence-electron chi connectivity index (χ3n) is 3.74. The summed E-state index contributed by atoms with van der Waals surface area (Å²) in [5.41, 5.74) is 2.47. The Bertz CT molecular complexity index is 790. The van der Waals surface area contributed by atoms with Gasteiger partial charge in [-0.2, -0.15) is 0 Å². The van der Waals surface area contributed by atoms with Crippen LogP contribution in [0.15, 0.2) is 35.3 Å². The van der Waals surface area contributed by atoms with Gasteiger partial charge in [0.2, 0.25) is 0 Å². The topological polar surface area (TPSA) is 47.9 Å². The Morgan fingerprint density at radius 1 is 1.33 bits per heavy atom. The molecule has 0 N–H and O–H groups in total. The average Bonchev–Trinajstić information content (AvgIpc) is 2.60. The molecular formula is C18H19BFNO3. The van der Waals surface area contributed by atoms with Gasteiger partial charge < -0.3 is 9.47 Å². The highest BCUT2D eigenvalue weighted by Crippen LogP contribution is 2.38. The molecule has 0 amide bonds. The van der Waals surface area contributed by atoms with Gasteiger partial charge >= 0.3 is 5.97 Å². The van der Waals surface area contributed by atoms with Crippen LogP contribution in [0.1, 0.15) is 22.8 Å². The smallest absolute Gasteiger partial charge is 0.338 e. The predicted octanol–water partition coefficient (Wildman–Crippen LogP) is 3.14. The van der Waals surface area contributed by atoms with Crippen molar-refractivity contribution in [2.45, 2.75) is 13.2 Å². The van der Waals surface area contributed by atoms with Crippen LogP contribution >= 0.6 is 0 Å². The number of nitrogens with zero attached hydrogens (tertiary/aromatic N) is 1. The van der Waals surface area contributed by atoms with Crippen LogP contribution in [0, 0.1) is 5.82 Å². The fourth-order valence-electron chi connectivity index (χ4n) is 2.60. The minimum Gasteiger partial charge on any atom is -0.496 e. The number of hydrogen-bond acceptors (Lipinski definition) is 4. The standard InChI is InChI=1S/C18H19BFNO3/c1-4-21-15-9-12(13(18(22)24-3)8-11(15)10-19)17-14(20)6-5-7-16(17)23-2/h4-9H,10,19H2,1-3H3/b21-4-. The molecule has 0 fully saturated rings. The normalized spacial score (nSPS) is 10.8. The Hall–Kier alpha value is -2.63. The van der Waals surface area contributed by atoms with E-state index in [9.17, 15) is 9.18 Å². The summed E-state index contributed by atoms with van der Waals surface area (Å²) in [7, 11) is 4.73. The fraction of sp³-hybridized carbons (Fsp3) is 0.222. The predicted molar refractivity (Wildman–Crippen MR) is 95.8 cm³/mol. The summed E-state index contributed by atoms with van der Waals surface area (Å²) in [6.07, 6.45) is 2.35. The summed E-state index contributed by atoms with van der Waals surface area (Å²) >= 11 is 0. The number of hydrogen-bond donors (Lipinski definition) is 0. The molecule has 0 aliphatic heterocycles. The number of halogens is 1. The molecule has 2 rings (SSSR count). The number of esters is 1. The molecule has 0 atom stereocenters. The van der Waals surface area contributed by atoms with Crippen molar-refractivity contribution in [2.24, 2.45) is 4.99 Å². The van der Waals surface area contributed by atoms with E-state index < -0.39 is 11.8 Å². The summed E-state index contributed by atoms with van der Waals surface area (Å²) in [5.74, 6) is -0.664. The summed E-state index contributed by atoms with van der Waals surface area (Å²) in [4.78, 5) is 16.6. The number of methoxy groups -OCH3 is 2. The van der Waals surface area contributed by atoms with Crippen molar-refractivity contribution in [1.82, 2.24) is 0 Å². The second-order valence-corrected chi connectivity index (χ2v) is 5.08. The molecule has 124 valence electrons. The Morgan fingerprint density at radius 3 is 2.67 bits per heavy atom. The first-order chi connectivity index (χ1) is 11.6. The molecule has 0 unspecified atom stereocenters. The van der Waals surface area contributed by atoms with E-state index >= 15 is 0 Å². The fourth-order valence-corrected chi connectivity index (χ4v) is 2.60. The quantitative estimate of drug-likeness (QED) is 0.481. The summed E-state index contributed by atoms with van der Waals surface area (Å²) in [5, 5.41) is 0. The van der Waals surface area contributed by atoms with E-state index in [2.05, 4.69) is 4.99 Å². The van der Waals surface area contributed by atoms with Crippen molar-refractivity contribution in [1.29, 1.82) is 0 Å². The Labute approximate surface area is 141 Å². The van der Waals surface area contributed by atoms with E-state index in [0.717, 1.165) is 5.56 Å². The van der Waals surface area contributed by atoms with Gasteiger partial charge in [0, 0.05) is 11.8 Å². The molecule has 0 aliphatic carbocycles. The number of rotatable bonds is 5. The van der Waals surface area contributed by atoms with Crippen LogP contribution in [-0.4, -0.2) is 34.2 Å². The Balaban J connectivity index is 2.85. The molecule has 0 saturated heterocycles. The molecule has 0 heterocycles. The van der Waals surface area contributed by atoms with Crippen molar-refractivity contribution >= 4 is 25.7 Å².